The molecule has 0 unspecified atom stereocenters. The Bertz CT molecular complexity index is 172. The van der Waals surface area contributed by atoms with Crippen LogP contribution in [0.1, 0.15) is 0 Å². The second-order valence-corrected chi connectivity index (χ2v) is 3.70. The number of rotatable bonds is 1. The molecule has 0 saturated carbocycles. The molecule has 0 aliphatic heterocycles. The van der Waals surface area contributed by atoms with Crippen LogP contribution in [0.2, 0.25) is 6.55 Å². The van der Waals surface area contributed by atoms with Gasteiger partial charge >= 0.3 is 0 Å². The van der Waals surface area contributed by atoms with Gasteiger partial charge in [0.05, 0.1) is 0 Å². The Morgan fingerprint density at radius 3 is 2.11 bits per heavy atom. The lowest BCUT2D eigenvalue weighted by atomic mass is 10.4. The lowest BCUT2D eigenvalue weighted by Crippen LogP contribution is -2.25. The van der Waals surface area contributed by atoms with Crippen molar-refractivity contribution in [2.24, 2.45) is 0 Å². The van der Waals surface area contributed by atoms with Gasteiger partial charge in [0.1, 0.15) is 0 Å². The normalized spacial score (nSPS) is 10.1. The maximum Gasteiger partial charge on any atom is 0.239 e. The molecule has 0 spiro atoms. The van der Waals surface area contributed by atoms with Crippen molar-refractivity contribution in [1.29, 1.82) is 0 Å². The Labute approximate surface area is 56.7 Å². The monoisotopic (exact) mass is 137 g/mol. The lowest BCUT2D eigenvalue weighted by Gasteiger charge is -1.97. The van der Waals surface area contributed by atoms with Crippen molar-refractivity contribution >= 4 is 14.2 Å². The second-order valence-electron chi connectivity index (χ2n) is 1.95. The van der Waals surface area contributed by atoms with Crippen LogP contribution in [0.5, 0.6) is 0 Å². The number of benzene rings is 1. The van der Waals surface area contributed by atoms with Gasteiger partial charge in [0.25, 0.3) is 0 Å². The average molecular weight is 137 g/mol. The van der Waals surface area contributed by atoms with E-state index >= 15 is 0 Å². The summed E-state index contributed by atoms with van der Waals surface area (Å²) < 4.78 is 0. The van der Waals surface area contributed by atoms with Crippen LogP contribution < -0.4 is 5.19 Å². The predicted molar refractivity (Wildman–Crippen MR) is 39.9 cm³/mol. The maximum absolute atomic E-state index is 9.13. The van der Waals surface area contributed by atoms with Crippen molar-refractivity contribution in [1.82, 2.24) is 0 Å². The molecule has 47 valence electrons. The fourth-order valence-corrected chi connectivity index (χ4v) is 1.35. The molecule has 0 atom stereocenters. The summed E-state index contributed by atoms with van der Waals surface area (Å²) in [6.45, 7) is 1.86. The third kappa shape index (κ3) is 1.66. The van der Waals surface area contributed by atoms with E-state index in [1.54, 1.807) is 0 Å². The average Bonchev–Trinajstić information content (AvgIpc) is 1.90. The summed E-state index contributed by atoms with van der Waals surface area (Å²) in [6, 6.07) is 9.75. The molecule has 1 nitrogen and oxygen atoms in total. The first-order valence-corrected chi connectivity index (χ1v) is 4.83. The molecular formula is C7H9OSi. The molecule has 1 aromatic carbocycles. The van der Waals surface area contributed by atoms with E-state index < -0.39 is 9.04 Å². The molecule has 1 aromatic rings. The molecule has 0 saturated heterocycles. The highest BCUT2D eigenvalue weighted by Gasteiger charge is 2.00. The molecule has 1 N–H and O–H groups in total. The molecule has 0 bridgehead atoms. The molecule has 0 fully saturated rings. The van der Waals surface area contributed by atoms with Crippen molar-refractivity contribution < 1.29 is 4.80 Å². The van der Waals surface area contributed by atoms with Gasteiger partial charge in [0.2, 0.25) is 9.04 Å². The van der Waals surface area contributed by atoms with E-state index in [1.165, 1.54) is 0 Å². The molecule has 0 aliphatic carbocycles. The fraction of sp³-hybridized carbons (Fsp3) is 0.143. The summed E-state index contributed by atoms with van der Waals surface area (Å²) in [6.07, 6.45) is 0. The predicted octanol–water partition coefficient (Wildman–Crippen LogP) is 0.507. The van der Waals surface area contributed by atoms with Gasteiger partial charge < -0.3 is 4.80 Å². The Morgan fingerprint density at radius 1 is 1.22 bits per heavy atom. The Kier molecular flexibility index (Phi) is 2.03. The summed E-state index contributed by atoms with van der Waals surface area (Å²) in [5, 5.41) is 1.07. The zero-order chi connectivity index (χ0) is 6.69. The van der Waals surface area contributed by atoms with Crippen molar-refractivity contribution in [3.8, 4) is 0 Å². The van der Waals surface area contributed by atoms with Gasteiger partial charge in [-0.3, -0.25) is 0 Å². The zero-order valence-electron chi connectivity index (χ0n) is 5.33. The van der Waals surface area contributed by atoms with Gasteiger partial charge in [0, 0.05) is 0 Å². The van der Waals surface area contributed by atoms with E-state index in [1.807, 2.05) is 36.9 Å². The van der Waals surface area contributed by atoms with Crippen molar-refractivity contribution in [2.75, 3.05) is 0 Å². The van der Waals surface area contributed by atoms with Gasteiger partial charge in [-0.15, -0.1) is 0 Å². The minimum Gasteiger partial charge on any atom is -0.427 e. The van der Waals surface area contributed by atoms with Gasteiger partial charge in [-0.05, 0) is 11.7 Å². The van der Waals surface area contributed by atoms with Gasteiger partial charge in [-0.2, -0.15) is 0 Å². The molecule has 0 aromatic heterocycles. The molecule has 1 radical (unpaired) electrons. The summed E-state index contributed by atoms with van der Waals surface area (Å²) in [7, 11) is -1.21. The van der Waals surface area contributed by atoms with Crippen LogP contribution in [0.15, 0.2) is 30.3 Å². The minimum atomic E-state index is -1.21. The van der Waals surface area contributed by atoms with Crippen LogP contribution in [-0.4, -0.2) is 13.8 Å². The van der Waals surface area contributed by atoms with Gasteiger partial charge in [0.15, 0.2) is 0 Å². The summed E-state index contributed by atoms with van der Waals surface area (Å²) in [5.41, 5.74) is 0. The SMILES string of the molecule is C[Si](O)c1ccccc1. The number of hydrogen-bond donors (Lipinski definition) is 1. The highest BCUT2D eigenvalue weighted by molar-refractivity contribution is 6.64. The molecular weight excluding hydrogens is 128 g/mol. The highest BCUT2D eigenvalue weighted by atomic mass is 28.3. The topological polar surface area (TPSA) is 20.2 Å². The first kappa shape index (κ1) is 6.52. The zero-order valence-corrected chi connectivity index (χ0v) is 6.33. The van der Waals surface area contributed by atoms with Crippen LogP contribution in [0.3, 0.4) is 0 Å². The minimum absolute atomic E-state index is 1.07. The standard InChI is InChI=1S/C7H9OSi/c1-9(8)7-5-3-2-4-6-7/h2-6,8H,1H3. The van der Waals surface area contributed by atoms with E-state index in [-0.39, 0.29) is 0 Å². The summed E-state index contributed by atoms with van der Waals surface area (Å²) in [4.78, 5) is 9.13. The largest absolute Gasteiger partial charge is 0.427 e. The van der Waals surface area contributed by atoms with Crippen LogP contribution in [-0.2, 0) is 0 Å². The Balaban J connectivity index is 2.85. The molecule has 0 heterocycles. The van der Waals surface area contributed by atoms with E-state index in [0.29, 0.717) is 0 Å². The third-order valence-electron chi connectivity index (χ3n) is 1.19. The second kappa shape index (κ2) is 2.80. The summed E-state index contributed by atoms with van der Waals surface area (Å²) in [5.74, 6) is 0. The highest BCUT2D eigenvalue weighted by Crippen LogP contribution is 1.83. The molecule has 2 heteroatoms. The quantitative estimate of drug-likeness (QED) is 0.559. The van der Waals surface area contributed by atoms with E-state index in [4.69, 9.17) is 4.80 Å². The van der Waals surface area contributed by atoms with Crippen molar-refractivity contribution in [3.63, 3.8) is 0 Å². The van der Waals surface area contributed by atoms with Crippen molar-refractivity contribution in [3.05, 3.63) is 30.3 Å². The van der Waals surface area contributed by atoms with Gasteiger partial charge in [-0.1, -0.05) is 30.3 Å². The van der Waals surface area contributed by atoms with Crippen LogP contribution >= 0.6 is 0 Å². The van der Waals surface area contributed by atoms with E-state index in [2.05, 4.69) is 0 Å². The lowest BCUT2D eigenvalue weighted by molar-refractivity contribution is 0.594. The third-order valence-corrected chi connectivity index (χ3v) is 2.36. The van der Waals surface area contributed by atoms with Gasteiger partial charge in [-0.25, -0.2) is 0 Å². The van der Waals surface area contributed by atoms with E-state index in [9.17, 15) is 0 Å². The van der Waals surface area contributed by atoms with Crippen LogP contribution in [0, 0.1) is 0 Å². The summed E-state index contributed by atoms with van der Waals surface area (Å²) >= 11 is 0. The fourth-order valence-electron chi connectivity index (χ4n) is 0.679. The Morgan fingerprint density at radius 2 is 1.78 bits per heavy atom. The van der Waals surface area contributed by atoms with E-state index in [0.717, 1.165) is 5.19 Å². The maximum atomic E-state index is 9.13. The molecule has 0 amide bonds. The first-order valence-electron chi connectivity index (χ1n) is 2.88. The van der Waals surface area contributed by atoms with Crippen molar-refractivity contribution in [2.45, 2.75) is 6.55 Å². The molecule has 0 aliphatic rings. The Hall–Kier alpha value is -0.603. The van der Waals surface area contributed by atoms with Crippen LogP contribution in [0.25, 0.3) is 0 Å². The molecule has 9 heavy (non-hydrogen) atoms. The van der Waals surface area contributed by atoms with Crippen LogP contribution in [0.4, 0.5) is 0 Å². The first-order chi connectivity index (χ1) is 4.30. The number of hydrogen-bond acceptors (Lipinski definition) is 1. The smallest absolute Gasteiger partial charge is 0.239 e. The molecule has 1 rings (SSSR count).